The fourth-order valence-electron chi connectivity index (χ4n) is 5.72. The molecule has 1 N–H and O–H groups in total. The Hall–Kier alpha value is -3.42. The number of aromatic hydroxyl groups is 1. The zero-order chi connectivity index (χ0) is 23.3. The Morgan fingerprint density at radius 2 is 1.24 bits per heavy atom. The minimum atomic E-state index is -1.34. The summed E-state index contributed by atoms with van der Waals surface area (Å²) in [5, 5.41) is 21.5. The van der Waals surface area contributed by atoms with Crippen LogP contribution in [0.1, 0.15) is 22.3 Å². The number of carbonyl (C=O) groups is 2. The molecule has 1 saturated heterocycles. The van der Waals surface area contributed by atoms with E-state index >= 15 is 0 Å². The third-order valence-electron chi connectivity index (χ3n) is 7.00. The molecule has 0 saturated carbocycles. The van der Waals surface area contributed by atoms with Crippen molar-refractivity contribution in [1.82, 2.24) is 0 Å². The van der Waals surface area contributed by atoms with Gasteiger partial charge >= 0.3 is 0 Å². The Kier molecular flexibility index (Phi) is 3.88. The topological polar surface area (TPSA) is 101 Å². The van der Waals surface area contributed by atoms with Gasteiger partial charge in [0.25, 0.3) is 5.69 Å². The summed E-state index contributed by atoms with van der Waals surface area (Å²) in [6.07, 6.45) is 0. The first-order chi connectivity index (χ1) is 15.7. The lowest BCUT2D eigenvalue weighted by Crippen LogP contribution is -2.57. The zero-order valence-electron chi connectivity index (χ0n) is 16.7. The molecule has 33 heavy (non-hydrogen) atoms. The third-order valence-corrected chi connectivity index (χ3v) is 8.28. The molecule has 1 aliphatic heterocycles. The lowest BCUT2D eigenvalue weighted by molar-refractivity contribution is -0.384. The van der Waals surface area contributed by atoms with Crippen LogP contribution < -0.4 is 4.90 Å². The van der Waals surface area contributed by atoms with Crippen LogP contribution in [0.15, 0.2) is 66.7 Å². The molecule has 4 aliphatic rings. The number of nitrogens with zero attached hydrogens (tertiary/aromatic N) is 2. The standard InChI is InChI=1S/C24H14Cl2N2O5/c25-23-13-5-1-2-6-14(13)24(26,16-8-4-3-7-15(16)23)20-19(23)21(30)27(22(20)31)17-10-9-12(28(32)33)11-18(17)29/h1-11,19-20,29H/t19-,20+,23?,24?. The van der Waals surface area contributed by atoms with Crippen LogP contribution in [0, 0.1) is 22.0 Å². The molecule has 1 fully saturated rings. The molecule has 9 heteroatoms. The van der Waals surface area contributed by atoms with Gasteiger partial charge < -0.3 is 5.11 Å². The number of phenolic OH excluding ortho intramolecular Hbond substituents is 1. The molecule has 2 amide bonds. The number of phenols is 1. The number of benzene rings is 3. The number of imide groups is 1. The lowest BCUT2D eigenvalue weighted by Gasteiger charge is -2.54. The van der Waals surface area contributed by atoms with Crippen LogP contribution in [0.4, 0.5) is 11.4 Å². The van der Waals surface area contributed by atoms with E-state index in [1.54, 1.807) is 0 Å². The van der Waals surface area contributed by atoms with Crippen molar-refractivity contribution in [3.05, 3.63) is 99.1 Å². The number of amides is 2. The van der Waals surface area contributed by atoms with Crippen LogP contribution in [-0.4, -0.2) is 21.8 Å². The molecule has 7 nitrogen and oxygen atoms in total. The van der Waals surface area contributed by atoms with Crippen molar-refractivity contribution in [2.75, 3.05) is 4.90 Å². The number of anilines is 1. The van der Waals surface area contributed by atoms with Gasteiger partial charge in [-0.2, -0.15) is 0 Å². The Labute approximate surface area is 197 Å². The van der Waals surface area contributed by atoms with Crippen LogP contribution in [0.25, 0.3) is 0 Å². The number of alkyl halides is 2. The van der Waals surface area contributed by atoms with E-state index in [0.717, 1.165) is 17.0 Å². The van der Waals surface area contributed by atoms with Gasteiger partial charge in [0.15, 0.2) is 0 Å². The highest BCUT2D eigenvalue weighted by molar-refractivity contribution is 6.38. The number of halogens is 2. The average Bonchev–Trinajstić information content (AvgIpc) is 3.08. The molecule has 1 heterocycles. The second kappa shape index (κ2) is 6.34. The monoisotopic (exact) mass is 480 g/mol. The number of hydrogen-bond donors (Lipinski definition) is 1. The molecular formula is C24H14Cl2N2O5. The average molecular weight is 481 g/mol. The van der Waals surface area contributed by atoms with E-state index in [-0.39, 0.29) is 11.4 Å². The largest absolute Gasteiger partial charge is 0.505 e. The summed E-state index contributed by atoms with van der Waals surface area (Å²) in [6.45, 7) is 0. The first kappa shape index (κ1) is 20.2. The second-order valence-electron chi connectivity index (χ2n) is 8.41. The Morgan fingerprint density at radius 3 is 1.61 bits per heavy atom. The van der Waals surface area contributed by atoms with E-state index in [1.165, 1.54) is 6.07 Å². The molecule has 3 aromatic rings. The van der Waals surface area contributed by atoms with Crippen molar-refractivity contribution in [2.24, 2.45) is 11.8 Å². The zero-order valence-corrected chi connectivity index (χ0v) is 18.2. The second-order valence-corrected chi connectivity index (χ2v) is 9.60. The van der Waals surface area contributed by atoms with Crippen LogP contribution in [-0.2, 0) is 19.3 Å². The van der Waals surface area contributed by atoms with E-state index < -0.39 is 44.1 Å². The van der Waals surface area contributed by atoms with Crippen molar-refractivity contribution >= 4 is 46.4 Å². The van der Waals surface area contributed by atoms with Gasteiger partial charge in [-0.25, -0.2) is 4.90 Å². The number of nitro groups is 1. The van der Waals surface area contributed by atoms with Gasteiger partial charge in [0.1, 0.15) is 15.5 Å². The molecule has 0 aromatic heterocycles. The fraction of sp³-hybridized carbons (Fsp3) is 0.167. The number of non-ortho nitro benzene ring substituents is 1. The van der Waals surface area contributed by atoms with Gasteiger partial charge in [-0.1, -0.05) is 48.5 Å². The van der Waals surface area contributed by atoms with E-state index in [2.05, 4.69) is 0 Å². The van der Waals surface area contributed by atoms with Gasteiger partial charge in [0.2, 0.25) is 11.8 Å². The maximum atomic E-state index is 13.8. The Morgan fingerprint density at radius 1 is 0.818 bits per heavy atom. The van der Waals surface area contributed by atoms with Crippen molar-refractivity contribution in [2.45, 2.75) is 9.75 Å². The van der Waals surface area contributed by atoms with Crippen LogP contribution >= 0.6 is 23.2 Å². The first-order valence-electron chi connectivity index (χ1n) is 10.2. The summed E-state index contributed by atoms with van der Waals surface area (Å²) < 4.78 is 0. The molecule has 164 valence electrons. The summed E-state index contributed by atoms with van der Waals surface area (Å²) in [7, 11) is 0. The van der Waals surface area contributed by atoms with Gasteiger partial charge in [-0.05, 0) is 28.3 Å². The molecule has 3 aromatic carbocycles. The predicted molar refractivity (Wildman–Crippen MR) is 120 cm³/mol. The lowest BCUT2D eigenvalue weighted by atomic mass is 9.54. The van der Waals surface area contributed by atoms with Gasteiger partial charge in [0.05, 0.1) is 28.5 Å². The Balaban J connectivity index is 1.61. The molecule has 2 atom stereocenters. The number of hydrogen-bond acceptors (Lipinski definition) is 5. The number of carbonyl (C=O) groups excluding carboxylic acids is 2. The van der Waals surface area contributed by atoms with Crippen molar-refractivity contribution < 1.29 is 19.6 Å². The van der Waals surface area contributed by atoms with Crippen molar-refractivity contribution in [1.29, 1.82) is 0 Å². The minimum Gasteiger partial charge on any atom is -0.505 e. The molecular weight excluding hydrogens is 467 g/mol. The van der Waals surface area contributed by atoms with Crippen LogP contribution in [0.3, 0.4) is 0 Å². The summed E-state index contributed by atoms with van der Waals surface area (Å²) in [4.78, 5) is 36.2. The van der Waals surface area contributed by atoms with E-state index in [0.29, 0.717) is 22.3 Å². The van der Waals surface area contributed by atoms with Crippen molar-refractivity contribution in [3.8, 4) is 5.75 Å². The maximum Gasteiger partial charge on any atom is 0.273 e. The summed E-state index contributed by atoms with van der Waals surface area (Å²) in [5.74, 6) is -3.83. The van der Waals surface area contributed by atoms with E-state index in [9.17, 15) is 24.8 Å². The fourth-order valence-corrected chi connectivity index (χ4v) is 6.82. The highest BCUT2D eigenvalue weighted by Gasteiger charge is 2.73. The Bertz CT molecular complexity index is 1300. The SMILES string of the molecule is O=C1[C@@H]2[C@H](C(=O)N1c1ccc([N+](=O)[O-])cc1O)C1(Cl)c3ccccc3C2(Cl)c2ccccc21. The third kappa shape index (κ3) is 2.21. The summed E-state index contributed by atoms with van der Waals surface area (Å²) >= 11 is 14.7. The first-order valence-corrected chi connectivity index (χ1v) is 10.9. The quantitative estimate of drug-likeness (QED) is 0.253. The van der Waals surface area contributed by atoms with Crippen LogP contribution in [0.5, 0.6) is 5.75 Å². The summed E-state index contributed by atoms with van der Waals surface area (Å²) in [5.41, 5.74) is 2.15. The highest BCUT2D eigenvalue weighted by Crippen LogP contribution is 2.69. The number of rotatable bonds is 2. The predicted octanol–water partition coefficient (Wildman–Crippen LogP) is 4.40. The molecule has 0 radical (unpaired) electrons. The smallest absolute Gasteiger partial charge is 0.273 e. The van der Waals surface area contributed by atoms with E-state index in [4.69, 9.17) is 23.2 Å². The molecule has 0 unspecified atom stereocenters. The maximum absolute atomic E-state index is 13.8. The molecule has 7 rings (SSSR count). The van der Waals surface area contributed by atoms with Crippen LogP contribution in [0.2, 0.25) is 0 Å². The normalized spacial score (nSPS) is 29.0. The molecule has 3 aliphatic carbocycles. The van der Waals surface area contributed by atoms with Crippen molar-refractivity contribution in [3.63, 3.8) is 0 Å². The van der Waals surface area contributed by atoms with Gasteiger partial charge in [0, 0.05) is 6.07 Å². The van der Waals surface area contributed by atoms with Gasteiger partial charge in [-0.3, -0.25) is 19.7 Å². The molecule has 2 bridgehead atoms. The molecule has 0 spiro atoms. The highest BCUT2D eigenvalue weighted by atomic mass is 35.5. The summed E-state index contributed by atoms with van der Waals surface area (Å²) in [6, 6.07) is 17.7. The van der Waals surface area contributed by atoms with Gasteiger partial charge in [-0.15, -0.1) is 23.2 Å². The number of nitro benzene ring substituents is 1. The minimum absolute atomic E-state index is 0.141. The van der Waals surface area contributed by atoms with E-state index in [1.807, 2.05) is 48.5 Å².